The van der Waals surface area contributed by atoms with Gasteiger partial charge in [0.05, 0.1) is 6.54 Å². The lowest BCUT2D eigenvalue weighted by Gasteiger charge is -2.14. The molecular formula is C12H18N4O2. The average molecular weight is 250 g/mol. The van der Waals surface area contributed by atoms with Crippen LogP contribution in [-0.4, -0.2) is 54.4 Å². The average Bonchev–Trinajstić information content (AvgIpc) is 2.98. The summed E-state index contributed by atoms with van der Waals surface area (Å²) < 4.78 is 0. The first-order chi connectivity index (χ1) is 8.69. The molecule has 98 valence electrons. The highest BCUT2D eigenvalue weighted by molar-refractivity contribution is 6.04. The van der Waals surface area contributed by atoms with Crippen LogP contribution in [0.25, 0.3) is 0 Å². The number of likely N-dealkylation sites (tertiary alicyclic amines) is 1. The molecule has 1 atom stereocenters. The van der Waals surface area contributed by atoms with Gasteiger partial charge in [0.1, 0.15) is 5.69 Å². The normalized spacial score (nSPS) is 19.9. The maximum absolute atomic E-state index is 11.7. The number of carbonyl (C=O) groups excluding carboxylic acids is 2. The molecule has 0 radical (unpaired) electrons. The summed E-state index contributed by atoms with van der Waals surface area (Å²) in [5.74, 6) is -0.638. The zero-order chi connectivity index (χ0) is 13.0. The number of aromatic nitrogens is 1. The minimum Gasteiger partial charge on any atom is -0.357 e. The quantitative estimate of drug-likeness (QED) is 0.677. The third kappa shape index (κ3) is 3.18. The van der Waals surface area contributed by atoms with Crippen LogP contribution in [0.1, 0.15) is 16.9 Å². The third-order valence-electron chi connectivity index (χ3n) is 3.14. The molecule has 2 rings (SSSR count). The van der Waals surface area contributed by atoms with Crippen molar-refractivity contribution >= 4 is 11.8 Å². The predicted octanol–water partition coefficient (Wildman–Crippen LogP) is -0.435. The molecule has 2 amide bonds. The second-order valence-corrected chi connectivity index (χ2v) is 4.47. The summed E-state index contributed by atoms with van der Waals surface area (Å²) in [4.78, 5) is 28.1. The molecule has 6 heteroatoms. The zero-order valence-electron chi connectivity index (χ0n) is 10.4. The Bertz CT molecular complexity index is 416. The topological polar surface area (TPSA) is 77.2 Å². The standard InChI is InChI=1S/C12H18N4O2/c1-13-9-4-6-16(7-9)8-11(17)15-12(18)10-3-2-5-14-10/h2-3,5,9,13-14H,4,6-8H2,1H3,(H,15,17,18). The summed E-state index contributed by atoms with van der Waals surface area (Å²) in [5, 5.41) is 5.56. The van der Waals surface area contributed by atoms with E-state index in [1.807, 2.05) is 11.9 Å². The first kappa shape index (κ1) is 12.8. The largest absolute Gasteiger partial charge is 0.357 e. The summed E-state index contributed by atoms with van der Waals surface area (Å²) in [7, 11) is 1.92. The van der Waals surface area contributed by atoms with Crippen molar-refractivity contribution < 1.29 is 9.59 Å². The van der Waals surface area contributed by atoms with Crippen molar-refractivity contribution in [2.45, 2.75) is 12.5 Å². The molecule has 3 N–H and O–H groups in total. The van der Waals surface area contributed by atoms with Crippen molar-refractivity contribution in [3.05, 3.63) is 24.0 Å². The van der Waals surface area contributed by atoms with E-state index in [1.165, 1.54) is 0 Å². The third-order valence-corrected chi connectivity index (χ3v) is 3.14. The molecule has 0 aliphatic carbocycles. The van der Waals surface area contributed by atoms with Crippen molar-refractivity contribution in [3.8, 4) is 0 Å². The van der Waals surface area contributed by atoms with Gasteiger partial charge in [-0.1, -0.05) is 0 Å². The number of likely N-dealkylation sites (N-methyl/N-ethyl adjacent to an activating group) is 1. The number of rotatable bonds is 4. The minimum absolute atomic E-state index is 0.258. The highest BCUT2D eigenvalue weighted by Gasteiger charge is 2.23. The minimum atomic E-state index is -0.380. The lowest BCUT2D eigenvalue weighted by molar-refractivity contribution is -0.121. The van der Waals surface area contributed by atoms with E-state index in [0.29, 0.717) is 11.7 Å². The molecular weight excluding hydrogens is 232 g/mol. The molecule has 6 nitrogen and oxygen atoms in total. The first-order valence-corrected chi connectivity index (χ1v) is 6.06. The van der Waals surface area contributed by atoms with E-state index in [-0.39, 0.29) is 18.4 Å². The SMILES string of the molecule is CNC1CCN(CC(=O)NC(=O)c2ccc[nH]2)C1. The second-order valence-electron chi connectivity index (χ2n) is 4.47. The van der Waals surface area contributed by atoms with Gasteiger partial charge in [0.25, 0.3) is 5.91 Å². The van der Waals surface area contributed by atoms with Crippen LogP contribution in [0.3, 0.4) is 0 Å². The molecule has 0 saturated carbocycles. The Morgan fingerprint density at radius 2 is 2.39 bits per heavy atom. The van der Waals surface area contributed by atoms with Gasteiger partial charge < -0.3 is 10.3 Å². The number of hydrogen-bond donors (Lipinski definition) is 3. The van der Waals surface area contributed by atoms with Crippen molar-refractivity contribution in [3.63, 3.8) is 0 Å². The van der Waals surface area contributed by atoms with Gasteiger partial charge in [0.15, 0.2) is 0 Å². The van der Waals surface area contributed by atoms with Gasteiger partial charge in [-0.25, -0.2) is 0 Å². The van der Waals surface area contributed by atoms with E-state index >= 15 is 0 Å². The van der Waals surface area contributed by atoms with Crippen LogP contribution < -0.4 is 10.6 Å². The first-order valence-electron chi connectivity index (χ1n) is 6.06. The summed E-state index contributed by atoms with van der Waals surface area (Å²) >= 11 is 0. The molecule has 2 heterocycles. The molecule has 1 aromatic rings. The maximum atomic E-state index is 11.7. The van der Waals surface area contributed by atoms with Crippen LogP contribution in [0.2, 0.25) is 0 Å². The van der Waals surface area contributed by atoms with Crippen LogP contribution in [0.15, 0.2) is 18.3 Å². The van der Waals surface area contributed by atoms with E-state index in [4.69, 9.17) is 0 Å². The lowest BCUT2D eigenvalue weighted by Crippen LogP contribution is -2.40. The van der Waals surface area contributed by atoms with Gasteiger partial charge >= 0.3 is 0 Å². The van der Waals surface area contributed by atoms with Crippen LogP contribution in [0.5, 0.6) is 0 Å². The molecule has 1 fully saturated rings. The number of nitrogens with zero attached hydrogens (tertiary/aromatic N) is 1. The van der Waals surface area contributed by atoms with Crippen LogP contribution in [0, 0.1) is 0 Å². The molecule has 1 aromatic heterocycles. The van der Waals surface area contributed by atoms with Gasteiger partial charge in [-0.15, -0.1) is 0 Å². The summed E-state index contributed by atoms with van der Waals surface area (Å²) in [6.07, 6.45) is 2.69. The van der Waals surface area contributed by atoms with E-state index in [9.17, 15) is 9.59 Å². The Labute approximate surface area is 106 Å². The maximum Gasteiger partial charge on any atom is 0.274 e. The van der Waals surface area contributed by atoms with E-state index in [0.717, 1.165) is 19.5 Å². The van der Waals surface area contributed by atoms with Crippen molar-refractivity contribution in [1.82, 2.24) is 20.5 Å². The molecule has 1 unspecified atom stereocenters. The Morgan fingerprint density at radius 3 is 3.00 bits per heavy atom. The number of nitrogens with one attached hydrogen (secondary N) is 3. The monoisotopic (exact) mass is 250 g/mol. The number of amides is 2. The fraction of sp³-hybridized carbons (Fsp3) is 0.500. The fourth-order valence-corrected chi connectivity index (χ4v) is 2.12. The number of carbonyl (C=O) groups is 2. The van der Waals surface area contributed by atoms with Gasteiger partial charge in [-0.3, -0.25) is 19.8 Å². The number of aromatic amines is 1. The van der Waals surface area contributed by atoms with Crippen LogP contribution >= 0.6 is 0 Å². The predicted molar refractivity (Wildman–Crippen MR) is 67.2 cm³/mol. The molecule has 18 heavy (non-hydrogen) atoms. The summed E-state index contributed by atoms with van der Waals surface area (Å²) in [6, 6.07) is 3.80. The summed E-state index contributed by atoms with van der Waals surface area (Å²) in [6.45, 7) is 2.00. The van der Waals surface area contributed by atoms with Crippen molar-refractivity contribution in [2.24, 2.45) is 0 Å². The van der Waals surface area contributed by atoms with E-state index in [2.05, 4.69) is 15.6 Å². The van der Waals surface area contributed by atoms with Gasteiger partial charge in [0.2, 0.25) is 5.91 Å². The highest BCUT2D eigenvalue weighted by atomic mass is 16.2. The Morgan fingerprint density at radius 1 is 1.56 bits per heavy atom. The van der Waals surface area contributed by atoms with Crippen LogP contribution in [-0.2, 0) is 4.79 Å². The Hall–Kier alpha value is -1.66. The second kappa shape index (κ2) is 5.79. The zero-order valence-corrected chi connectivity index (χ0v) is 10.4. The van der Waals surface area contributed by atoms with Gasteiger partial charge in [0, 0.05) is 25.3 Å². The molecule has 1 aliphatic rings. The Balaban J connectivity index is 1.77. The fourth-order valence-electron chi connectivity index (χ4n) is 2.12. The smallest absolute Gasteiger partial charge is 0.274 e. The molecule has 0 bridgehead atoms. The molecule has 0 aromatic carbocycles. The van der Waals surface area contributed by atoms with Gasteiger partial charge in [-0.2, -0.15) is 0 Å². The Kier molecular flexibility index (Phi) is 4.11. The molecule has 1 saturated heterocycles. The van der Waals surface area contributed by atoms with E-state index < -0.39 is 0 Å². The number of hydrogen-bond acceptors (Lipinski definition) is 4. The van der Waals surface area contributed by atoms with Crippen molar-refractivity contribution in [1.29, 1.82) is 0 Å². The number of H-pyrrole nitrogens is 1. The van der Waals surface area contributed by atoms with E-state index in [1.54, 1.807) is 18.3 Å². The van der Waals surface area contributed by atoms with Crippen LogP contribution in [0.4, 0.5) is 0 Å². The molecule has 1 aliphatic heterocycles. The lowest BCUT2D eigenvalue weighted by atomic mass is 10.3. The summed E-state index contributed by atoms with van der Waals surface area (Å²) in [5.41, 5.74) is 0.401. The van der Waals surface area contributed by atoms with Gasteiger partial charge in [-0.05, 0) is 25.6 Å². The van der Waals surface area contributed by atoms with Crippen molar-refractivity contribution in [2.75, 3.05) is 26.7 Å². The number of imide groups is 1. The molecule has 0 spiro atoms. The highest BCUT2D eigenvalue weighted by Crippen LogP contribution is 2.07.